The zero-order chi connectivity index (χ0) is 15.4. The van der Waals surface area contributed by atoms with Gasteiger partial charge in [0.05, 0.1) is 6.04 Å². The van der Waals surface area contributed by atoms with Gasteiger partial charge in [0.2, 0.25) is 0 Å². The van der Waals surface area contributed by atoms with Crippen molar-refractivity contribution in [2.45, 2.75) is 24.5 Å². The largest absolute Gasteiger partial charge is 0.385 e. The molecule has 2 N–H and O–H groups in total. The molecule has 0 spiro atoms. The Kier molecular flexibility index (Phi) is 5.86. The Bertz CT molecular complexity index is 608. The summed E-state index contributed by atoms with van der Waals surface area (Å²) in [4.78, 5) is 4.12. The van der Waals surface area contributed by atoms with E-state index in [4.69, 9.17) is 0 Å². The maximum atomic E-state index is 9.89. The van der Waals surface area contributed by atoms with Gasteiger partial charge in [-0.25, -0.2) is 4.98 Å². The third-order valence-electron chi connectivity index (χ3n) is 3.05. The highest BCUT2D eigenvalue weighted by molar-refractivity contribution is 14.1. The zero-order valence-corrected chi connectivity index (χ0v) is 14.5. The lowest BCUT2D eigenvalue weighted by Gasteiger charge is -2.20. The first kappa shape index (κ1) is 16.5. The molecule has 0 saturated heterocycles. The molecule has 0 fully saturated rings. The SMILES string of the molecule is C[C@H](O)c1nccn1[C@@H](/C=C/c1ccc(I)cc1)[C@@H](O)S. The Morgan fingerprint density at radius 3 is 2.52 bits per heavy atom. The van der Waals surface area contributed by atoms with Crippen LogP contribution in [-0.4, -0.2) is 25.2 Å². The van der Waals surface area contributed by atoms with Crippen LogP contribution in [0.4, 0.5) is 0 Å². The second-order valence-electron chi connectivity index (χ2n) is 4.68. The Morgan fingerprint density at radius 1 is 1.29 bits per heavy atom. The van der Waals surface area contributed by atoms with Gasteiger partial charge in [0.25, 0.3) is 0 Å². The van der Waals surface area contributed by atoms with E-state index in [0.717, 1.165) is 5.56 Å². The molecule has 2 aromatic rings. The van der Waals surface area contributed by atoms with E-state index in [0.29, 0.717) is 5.82 Å². The van der Waals surface area contributed by atoms with Crippen LogP contribution < -0.4 is 0 Å². The van der Waals surface area contributed by atoms with Crippen molar-refractivity contribution < 1.29 is 10.2 Å². The first-order valence-electron chi connectivity index (χ1n) is 6.49. The van der Waals surface area contributed by atoms with Crippen LogP contribution in [0.3, 0.4) is 0 Å². The monoisotopic (exact) mass is 416 g/mol. The lowest BCUT2D eigenvalue weighted by molar-refractivity contribution is 0.170. The van der Waals surface area contributed by atoms with E-state index in [-0.39, 0.29) is 0 Å². The van der Waals surface area contributed by atoms with E-state index < -0.39 is 17.6 Å². The molecular weight excluding hydrogens is 399 g/mol. The summed E-state index contributed by atoms with van der Waals surface area (Å²) in [6.45, 7) is 1.64. The van der Waals surface area contributed by atoms with Gasteiger partial charge >= 0.3 is 0 Å². The third-order valence-corrected chi connectivity index (χ3v) is 4.08. The molecule has 2 rings (SSSR count). The van der Waals surface area contributed by atoms with E-state index >= 15 is 0 Å². The van der Waals surface area contributed by atoms with Gasteiger partial charge in [-0.15, -0.1) is 12.6 Å². The summed E-state index contributed by atoms with van der Waals surface area (Å²) in [6, 6.07) is 7.64. The van der Waals surface area contributed by atoms with Crippen LogP contribution in [-0.2, 0) is 0 Å². The van der Waals surface area contributed by atoms with Crippen LogP contribution >= 0.6 is 35.2 Å². The van der Waals surface area contributed by atoms with E-state index in [1.807, 2.05) is 36.4 Å². The van der Waals surface area contributed by atoms with Gasteiger partial charge in [0.1, 0.15) is 17.4 Å². The standard InChI is InChI=1S/C15H17IN2O2S/c1-10(19)14-17-8-9-18(14)13(15(20)21)7-4-11-2-5-12(16)6-3-11/h2-10,13,15,19-21H,1H3/b7-4+/t10-,13-,15-/m0/s1. The highest BCUT2D eigenvalue weighted by Gasteiger charge is 2.19. The second kappa shape index (κ2) is 7.44. The molecule has 1 aromatic heterocycles. The summed E-state index contributed by atoms with van der Waals surface area (Å²) in [5.74, 6) is 0.500. The van der Waals surface area contributed by atoms with Crippen molar-refractivity contribution >= 4 is 41.3 Å². The van der Waals surface area contributed by atoms with Crippen LogP contribution in [0.1, 0.15) is 30.5 Å². The Labute approximate surface area is 143 Å². The second-order valence-corrected chi connectivity index (χ2v) is 6.46. The summed E-state index contributed by atoms with van der Waals surface area (Å²) < 4.78 is 2.90. The minimum absolute atomic E-state index is 0.403. The number of aliphatic hydroxyl groups is 2. The van der Waals surface area contributed by atoms with E-state index in [9.17, 15) is 10.2 Å². The molecule has 112 valence electrons. The molecule has 4 nitrogen and oxygen atoms in total. The fraction of sp³-hybridized carbons (Fsp3) is 0.267. The number of nitrogens with zero attached hydrogens (tertiary/aromatic N) is 2. The van der Waals surface area contributed by atoms with Crippen LogP contribution in [0, 0.1) is 3.57 Å². The fourth-order valence-electron chi connectivity index (χ4n) is 2.02. The Morgan fingerprint density at radius 2 is 1.95 bits per heavy atom. The maximum Gasteiger partial charge on any atom is 0.138 e. The van der Waals surface area contributed by atoms with Gasteiger partial charge in [-0.3, -0.25) is 0 Å². The van der Waals surface area contributed by atoms with Gasteiger partial charge in [-0.1, -0.05) is 24.3 Å². The van der Waals surface area contributed by atoms with E-state index in [1.54, 1.807) is 23.9 Å². The topological polar surface area (TPSA) is 58.3 Å². The van der Waals surface area contributed by atoms with Crippen LogP contribution in [0.15, 0.2) is 42.7 Å². The van der Waals surface area contributed by atoms with Crippen molar-refractivity contribution in [3.63, 3.8) is 0 Å². The summed E-state index contributed by atoms with van der Waals surface area (Å²) in [6.07, 6.45) is 6.40. The Hall–Kier alpha value is -0.830. The first-order chi connectivity index (χ1) is 9.99. The van der Waals surface area contributed by atoms with Crippen molar-refractivity contribution in [2.75, 3.05) is 0 Å². The molecule has 1 aromatic carbocycles. The molecule has 21 heavy (non-hydrogen) atoms. The number of hydrogen-bond acceptors (Lipinski definition) is 4. The molecule has 0 aliphatic heterocycles. The first-order valence-corrected chi connectivity index (χ1v) is 8.09. The number of rotatable bonds is 5. The average Bonchev–Trinajstić information content (AvgIpc) is 2.90. The van der Waals surface area contributed by atoms with Gasteiger partial charge in [0.15, 0.2) is 0 Å². The number of hydrogen-bond donors (Lipinski definition) is 3. The molecule has 0 aliphatic rings. The summed E-state index contributed by atoms with van der Waals surface area (Å²) in [7, 11) is 0. The molecule has 0 aliphatic carbocycles. The zero-order valence-electron chi connectivity index (χ0n) is 11.5. The number of halogens is 1. The molecule has 0 unspecified atom stereocenters. The van der Waals surface area contributed by atoms with Gasteiger partial charge < -0.3 is 14.8 Å². The molecule has 0 radical (unpaired) electrons. The van der Waals surface area contributed by atoms with Crippen LogP contribution in [0.2, 0.25) is 0 Å². The highest BCUT2D eigenvalue weighted by atomic mass is 127. The lowest BCUT2D eigenvalue weighted by Crippen LogP contribution is -2.20. The molecule has 0 saturated carbocycles. The number of aliphatic hydroxyl groups excluding tert-OH is 2. The summed E-state index contributed by atoms with van der Waals surface area (Å²) in [5.41, 5.74) is 0.143. The molecule has 0 bridgehead atoms. The average molecular weight is 416 g/mol. The molecule has 3 atom stereocenters. The van der Waals surface area contributed by atoms with Gasteiger partial charge in [0, 0.05) is 16.0 Å². The molecule has 0 amide bonds. The maximum absolute atomic E-state index is 9.89. The van der Waals surface area contributed by atoms with Crippen LogP contribution in [0.25, 0.3) is 6.08 Å². The molecule has 6 heteroatoms. The lowest BCUT2D eigenvalue weighted by atomic mass is 10.1. The van der Waals surface area contributed by atoms with Crippen molar-refractivity contribution in [3.05, 3.63) is 57.7 Å². The predicted molar refractivity (Wildman–Crippen MR) is 95.1 cm³/mol. The van der Waals surface area contributed by atoms with Crippen molar-refractivity contribution in [1.82, 2.24) is 9.55 Å². The van der Waals surface area contributed by atoms with E-state index in [1.165, 1.54) is 3.57 Å². The number of aromatic nitrogens is 2. The minimum Gasteiger partial charge on any atom is -0.385 e. The van der Waals surface area contributed by atoms with Crippen molar-refractivity contribution in [1.29, 1.82) is 0 Å². The summed E-state index contributed by atoms with van der Waals surface area (Å²) >= 11 is 6.38. The predicted octanol–water partition coefficient (Wildman–Crippen LogP) is 3.04. The third kappa shape index (κ3) is 4.32. The van der Waals surface area contributed by atoms with Crippen LogP contribution in [0.5, 0.6) is 0 Å². The normalized spacial score (nSPS) is 16.0. The van der Waals surface area contributed by atoms with Gasteiger partial charge in [-0.05, 0) is 47.2 Å². The van der Waals surface area contributed by atoms with Gasteiger partial charge in [-0.2, -0.15) is 0 Å². The van der Waals surface area contributed by atoms with Crippen molar-refractivity contribution in [3.8, 4) is 0 Å². The molecular formula is C15H17IN2O2S. The Balaban J connectivity index is 2.27. The number of benzene rings is 1. The van der Waals surface area contributed by atoms with Crippen molar-refractivity contribution in [2.24, 2.45) is 0 Å². The quantitative estimate of drug-likeness (QED) is 0.399. The highest BCUT2D eigenvalue weighted by Crippen LogP contribution is 2.23. The number of imidazole rings is 1. The number of thiol groups is 1. The fourth-order valence-corrected chi connectivity index (χ4v) is 2.62. The molecule has 1 heterocycles. The smallest absolute Gasteiger partial charge is 0.138 e. The summed E-state index contributed by atoms with van der Waals surface area (Å²) in [5, 5.41) is 19.6. The van der Waals surface area contributed by atoms with E-state index in [2.05, 4.69) is 40.2 Å². The minimum atomic E-state index is -0.892.